The van der Waals surface area contributed by atoms with E-state index in [1.165, 1.54) is 0 Å². The molecule has 1 aliphatic carbocycles. The quantitative estimate of drug-likeness (QED) is 0.734. The summed E-state index contributed by atoms with van der Waals surface area (Å²) in [6.07, 6.45) is 4.63. The zero-order valence-electron chi connectivity index (χ0n) is 15.8. The van der Waals surface area contributed by atoms with E-state index in [1.54, 1.807) is 13.2 Å². The van der Waals surface area contributed by atoms with Gasteiger partial charge in [0.05, 0.1) is 12.6 Å². The van der Waals surface area contributed by atoms with Gasteiger partial charge < -0.3 is 20.2 Å². The standard InChI is InChI=1S/C20H26N2O4.ClH/c1-13-15-6-5-14(25-2)11-17(15)26-19(24)16(13)7-8-18(23)22-20(12-21)9-3-4-10-20;/h5-6,11H,3-4,7-10,12,21H2,1-2H3,(H,22,23);1H. The molecule has 1 aliphatic rings. The lowest BCUT2D eigenvalue weighted by atomic mass is 9.97. The normalized spacial score (nSPS) is 15.4. The Kier molecular flexibility index (Phi) is 6.89. The second kappa shape index (κ2) is 8.76. The number of hydrogen-bond donors (Lipinski definition) is 2. The molecule has 0 unspecified atom stereocenters. The van der Waals surface area contributed by atoms with Gasteiger partial charge in [0.15, 0.2) is 0 Å². The summed E-state index contributed by atoms with van der Waals surface area (Å²) in [4.78, 5) is 24.8. The second-order valence-electron chi connectivity index (χ2n) is 7.09. The van der Waals surface area contributed by atoms with Crippen LogP contribution in [0.2, 0.25) is 0 Å². The number of aryl methyl sites for hydroxylation is 1. The van der Waals surface area contributed by atoms with Crippen LogP contribution in [0.25, 0.3) is 11.0 Å². The van der Waals surface area contributed by atoms with Crippen molar-refractivity contribution in [1.29, 1.82) is 0 Å². The average molecular weight is 395 g/mol. The first-order valence-corrected chi connectivity index (χ1v) is 9.09. The molecule has 3 rings (SSSR count). The van der Waals surface area contributed by atoms with Crippen LogP contribution in [0.5, 0.6) is 5.75 Å². The second-order valence-corrected chi connectivity index (χ2v) is 7.09. The molecule has 2 aromatic rings. The number of methoxy groups -OCH3 is 1. The first-order valence-electron chi connectivity index (χ1n) is 9.09. The Balaban J connectivity index is 0.00000261. The molecule has 148 valence electrons. The van der Waals surface area contributed by atoms with E-state index in [2.05, 4.69) is 5.32 Å². The van der Waals surface area contributed by atoms with Crippen LogP contribution >= 0.6 is 12.4 Å². The van der Waals surface area contributed by atoms with Gasteiger partial charge in [-0.1, -0.05) is 12.8 Å². The predicted octanol–water partition coefficient (Wildman–Crippen LogP) is 2.85. The summed E-state index contributed by atoms with van der Waals surface area (Å²) in [5.74, 6) is 0.571. The van der Waals surface area contributed by atoms with Gasteiger partial charge in [-0.2, -0.15) is 0 Å². The van der Waals surface area contributed by atoms with Gasteiger partial charge in [-0.3, -0.25) is 4.79 Å². The van der Waals surface area contributed by atoms with Crippen LogP contribution < -0.4 is 21.4 Å². The van der Waals surface area contributed by atoms with Crippen molar-refractivity contribution in [2.24, 2.45) is 5.73 Å². The molecule has 1 amide bonds. The van der Waals surface area contributed by atoms with Crippen molar-refractivity contribution in [2.45, 2.75) is 51.0 Å². The van der Waals surface area contributed by atoms with Crippen molar-refractivity contribution in [3.05, 3.63) is 39.7 Å². The van der Waals surface area contributed by atoms with Crippen molar-refractivity contribution in [3.8, 4) is 5.75 Å². The van der Waals surface area contributed by atoms with E-state index in [0.717, 1.165) is 36.6 Å². The number of nitrogens with one attached hydrogen (secondary N) is 1. The Morgan fingerprint density at radius 2 is 2.04 bits per heavy atom. The first-order chi connectivity index (χ1) is 12.5. The highest BCUT2D eigenvalue weighted by molar-refractivity contribution is 5.85. The Hall–Kier alpha value is -2.05. The summed E-state index contributed by atoms with van der Waals surface area (Å²) in [5.41, 5.74) is 7.09. The highest BCUT2D eigenvalue weighted by Gasteiger charge is 2.33. The smallest absolute Gasteiger partial charge is 0.339 e. The largest absolute Gasteiger partial charge is 0.497 e. The molecule has 3 N–H and O–H groups in total. The number of amides is 1. The summed E-state index contributed by atoms with van der Waals surface area (Å²) in [7, 11) is 1.57. The highest BCUT2D eigenvalue weighted by Crippen LogP contribution is 2.29. The zero-order chi connectivity index (χ0) is 18.7. The summed E-state index contributed by atoms with van der Waals surface area (Å²) < 4.78 is 10.6. The molecule has 7 heteroatoms. The molecule has 0 radical (unpaired) electrons. The number of benzene rings is 1. The van der Waals surface area contributed by atoms with Crippen LogP contribution in [0.3, 0.4) is 0 Å². The van der Waals surface area contributed by atoms with Gasteiger partial charge >= 0.3 is 5.63 Å². The monoisotopic (exact) mass is 394 g/mol. The molecule has 0 saturated heterocycles. The van der Waals surface area contributed by atoms with E-state index in [-0.39, 0.29) is 30.3 Å². The lowest BCUT2D eigenvalue weighted by Gasteiger charge is -2.28. The number of halogens is 1. The van der Waals surface area contributed by atoms with Gasteiger partial charge in [0, 0.05) is 30.0 Å². The van der Waals surface area contributed by atoms with Gasteiger partial charge in [-0.15, -0.1) is 12.4 Å². The van der Waals surface area contributed by atoms with Gasteiger partial charge in [0.1, 0.15) is 11.3 Å². The molecule has 1 heterocycles. The van der Waals surface area contributed by atoms with Gasteiger partial charge in [-0.25, -0.2) is 4.79 Å². The van der Waals surface area contributed by atoms with Crippen molar-refractivity contribution in [1.82, 2.24) is 5.32 Å². The summed E-state index contributed by atoms with van der Waals surface area (Å²) >= 11 is 0. The Morgan fingerprint density at radius 3 is 2.67 bits per heavy atom. The maximum absolute atomic E-state index is 12.4. The van der Waals surface area contributed by atoms with Crippen molar-refractivity contribution >= 4 is 29.3 Å². The van der Waals surface area contributed by atoms with Crippen molar-refractivity contribution in [2.75, 3.05) is 13.7 Å². The van der Waals surface area contributed by atoms with Crippen molar-refractivity contribution < 1.29 is 13.9 Å². The van der Waals surface area contributed by atoms with E-state index in [9.17, 15) is 9.59 Å². The number of carbonyl (C=O) groups excluding carboxylic acids is 1. The fourth-order valence-corrected chi connectivity index (χ4v) is 3.82. The molecule has 6 nitrogen and oxygen atoms in total. The average Bonchev–Trinajstić information content (AvgIpc) is 3.09. The van der Waals surface area contributed by atoms with Crippen LogP contribution in [0.1, 0.15) is 43.2 Å². The number of nitrogens with two attached hydrogens (primary N) is 1. The molecule has 1 fully saturated rings. The Labute approximate surface area is 164 Å². The lowest BCUT2D eigenvalue weighted by Crippen LogP contribution is -2.51. The number of hydrogen-bond acceptors (Lipinski definition) is 5. The van der Waals surface area contributed by atoms with E-state index < -0.39 is 5.63 Å². The Bertz CT molecular complexity index is 872. The predicted molar refractivity (Wildman–Crippen MR) is 108 cm³/mol. The van der Waals surface area contributed by atoms with E-state index in [1.807, 2.05) is 19.1 Å². The van der Waals surface area contributed by atoms with Crippen LogP contribution in [-0.4, -0.2) is 25.1 Å². The third-order valence-corrected chi connectivity index (χ3v) is 5.45. The molecule has 0 bridgehead atoms. The third kappa shape index (κ3) is 4.45. The maximum atomic E-state index is 12.4. The summed E-state index contributed by atoms with van der Waals surface area (Å²) in [5, 5.41) is 3.95. The number of ether oxygens (including phenoxy) is 1. The number of carbonyl (C=O) groups is 1. The number of fused-ring (bicyclic) bond motifs is 1. The van der Waals surface area contributed by atoms with Crippen LogP contribution in [0.4, 0.5) is 0 Å². The maximum Gasteiger partial charge on any atom is 0.339 e. The van der Waals surface area contributed by atoms with Gasteiger partial charge in [0.2, 0.25) is 5.91 Å². The minimum atomic E-state index is -0.398. The molecule has 1 saturated carbocycles. The molecular weight excluding hydrogens is 368 g/mol. The SMILES string of the molecule is COc1ccc2c(C)c(CCC(=O)NC3(CN)CCCC3)c(=O)oc2c1.Cl. The van der Waals surface area contributed by atoms with E-state index in [0.29, 0.717) is 29.9 Å². The van der Waals surface area contributed by atoms with Crippen LogP contribution in [0.15, 0.2) is 27.4 Å². The zero-order valence-corrected chi connectivity index (χ0v) is 16.6. The molecule has 0 atom stereocenters. The van der Waals surface area contributed by atoms with E-state index >= 15 is 0 Å². The topological polar surface area (TPSA) is 94.6 Å². The number of rotatable bonds is 6. The summed E-state index contributed by atoms with van der Waals surface area (Å²) in [6.45, 7) is 2.34. The molecule has 1 aromatic carbocycles. The van der Waals surface area contributed by atoms with Gasteiger partial charge in [0.25, 0.3) is 0 Å². The fraction of sp³-hybridized carbons (Fsp3) is 0.500. The first kappa shape index (κ1) is 21.3. The van der Waals surface area contributed by atoms with Crippen LogP contribution in [0, 0.1) is 6.92 Å². The molecule has 0 spiro atoms. The fourth-order valence-electron chi connectivity index (χ4n) is 3.82. The summed E-state index contributed by atoms with van der Waals surface area (Å²) in [6, 6.07) is 5.40. The molecule has 0 aliphatic heterocycles. The minimum absolute atomic E-state index is 0. The minimum Gasteiger partial charge on any atom is -0.497 e. The third-order valence-electron chi connectivity index (χ3n) is 5.45. The van der Waals surface area contributed by atoms with Crippen molar-refractivity contribution in [3.63, 3.8) is 0 Å². The highest BCUT2D eigenvalue weighted by atomic mass is 35.5. The molecule has 1 aromatic heterocycles. The Morgan fingerprint density at radius 1 is 1.33 bits per heavy atom. The van der Waals surface area contributed by atoms with Gasteiger partial charge in [-0.05, 0) is 43.9 Å². The van der Waals surface area contributed by atoms with Crippen LogP contribution in [-0.2, 0) is 11.2 Å². The lowest BCUT2D eigenvalue weighted by molar-refractivity contribution is -0.122. The molecular formula is C20H27ClN2O4. The van der Waals surface area contributed by atoms with E-state index in [4.69, 9.17) is 14.9 Å². The molecule has 27 heavy (non-hydrogen) atoms.